The van der Waals surface area contributed by atoms with Crippen molar-refractivity contribution >= 4 is 31.9 Å². The van der Waals surface area contributed by atoms with E-state index in [-0.39, 0.29) is 42.7 Å². The standard InChI is InChI=1S/C34H34Br2N2O3/c1-23-31(33(27-14-18-29(36)19-15-27)38(40-23)21-25-10-6-3-7-11-25)34-30(22-39)32(26-12-16-28(35)17-13-26)37(41-34)20-24-8-4-2-5-9-24/h2-19,23,30-34,39H,20-22H2,1H3/t23-,30+,31-,32+,33+,34+/m0/s1. The highest BCUT2D eigenvalue weighted by Gasteiger charge is 2.55. The van der Waals surface area contributed by atoms with Crippen molar-refractivity contribution < 1.29 is 14.8 Å². The van der Waals surface area contributed by atoms with E-state index in [4.69, 9.17) is 9.68 Å². The first kappa shape index (κ1) is 28.7. The second-order valence-electron chi connectivity index (χ2n) is 10.9. The van der Waals surface area contributed by atoms with E-state index in [1.807, 2.05) is 12.1 Å². The molecule has 2 heterocycles. The van der Waals surface area contributed by atoms with Crippen LogP contribution in [-0.4, -0.2) is 34.0 Å². The number of halogens is 2. The van der Waals surface area contributed by atoms with E-state index < -0.39 is 0 Å². The van der Waals surface area contributed by atoms with Crippen molar-refractivity contribution in [1.82, 2.24) is 10.1 Å². The van der Waals surface area contributed by atoms with Crippen LogP contribution in [0.15, 0.2) is 118 Å². The maximum absolute atomic E-state index is 11.0. The lowest BCUT2D eigenvalue weighted by Gasteiger charge is -2.31. The predicted molar refractivity (Wildman–Crippen MR) is 167 cm³/mol. The average molecular weight is 678 g/mol. The molecule has 2 aliphatic rings. The van der Waals surface area contributed by atoms with Gasteiger partial charge >= 0.3 is 0 Å². The number of hydrogen-bond acceptors (Lipinski definition) is 5. The summed E-state index contributed by atoms with van der Waals surface area (Å²) in [5.41, 5.74) is 4.64. The van der Waals surface area contributed by atoms with Gasteiger partial charge in [-0.25, -0.2) is 0 Å². The molecule has 5 nitrogen and oxygen atoms in total. The third-order valence-corrected chi connectivity index (χ3v) is 9.35. The van der Waals surface area contributed by atoms with E-state index >= 15 is 0 Å². The zero-order valence-corrected chi connectivity index (χ0v) is 26.1. The monoisotopic (exact) mass is 676 g/mol. The summed E-state index contributed by atoms with van der Waals surface area (Å²) < 4.78 is 2.06. The molecule has 4 aromatic carbocycles. The van der Waals surface area contributed by atoms with Crippen molar-refractivity contribution in [2.75, 3.05) is 6.61 Å². The third kappa shape index (κ3) is 6.22. The molecule has 212 valence electrons. The van der Waals surface area contributed by atoms with Gasteiger partial charge in [0.1, 0.15) is 0 Å². The van der Waals surface area contributed by atoms with Crippen molar-refractivity contribution in [3.05, 3.63) is 140 Å². The highest BCUT2D eigenvalue weighted by atomic mass is 79.9. The van der Waals surface area contributed by atoms with Crippen LogP contribution in [0.3, 0.4) is 0 Å². The normalized spacial score (nSPS) is 26.9. The molecule has 2 saturated heterocycles. The van der Waals surface area contributed by atoms with E-state index in [9.17, 15) is 5.11 Å². The average Bonchev–Trinajstić information content (AvgIpc) is 3.51. The summed E-state index contributed by atoms with van der Waals surface area (Å²) in [6, 6.07) is 37.5. The minimum atomic E-state index is -0.262. The van der Waals surface area contributed by atoms with Gasteiger partial charge in [0.05, 0.1) is 30.9 Å². The number of aliphatic hydroxyl groups excluding tert-OH is 1. The van der Waals surface area contributed by atoms with E-state index in [0.29, 0.717) is 13.1 Å². The highest BCUT2D eigenvalue weighted by molar-refractivity contribution is 9.10. The fourth-order valence-electron chi connectivity index (χ4n) is 6.42. The molecule has 0 unspecified atom stereocenters. The quantitative estimate of drug-likeness (QED) is 0.206. The molecule has 1 N–H and O–H groups in total. The van der Waals surface area contributed by atoms with E-state index in [2.05, 4.69) is 146 Å². The van der Waals surface area contributed by atoms with E-state index in [1.54, 1.807) is 0 Å². The molecule has 6 rings (SSSR count). The molecule has 0 aromatic heterocycles. The zero-order valence-electron chi connectivity index (χ0n) is 22.9. The first-order chi connectivity index (χ1) is 20.0. The Labute approximate surface area is 258 Å². The second kappa shape index (κ2) is 12.9. The van der Waals surface area contributed by atoms with Gasteiger partial charge in [-0.15, -0.1) is 0 Å². The number of hydroxylamine groups is 4. The van der Waals surface area contributed by atoms with Crippen LogP contribution in [-0.2, 0) is 22.8 Å². The number of aliphatic hydroxyl groups is 1. The van der Waals surface area contributed by atoms with Crippen LogP contribution < -0.4 is 0 Å². The minimum absolute atomic E-state index is 0.00561. The molecule has 4 aromatic rings. The van der Waals surface area contributed by atoms with Crippen LogP contribution in [0.4, 0.5) is 0 Å². The Bertz CT molecular complexity index is 1410. The van der Waals surface area contributed by atoms with E-state index in [0.717, 1.165) is 20.1 Å². The van der Waals surface area contributed by atoms with Gasteiger partial charge in [-0.3, -0.25) is 9.68 Å². The first-order valence-electron chi connectivity index (χ1n) is 14.1. The second-order valence-corrected chi connectivity index (χ2v) is 12.8. The minimum Gasteiger partial charge on any atom is -0.396 e. The van der Waals surface area contributed by atoms with Crippen molar-refractivity contribution in [1.29, 1.82) is 0 Å². The fourth-order valence-corrected chi connectivity index (χ4v) is 6.95. The molecular weight excluding hydrogens is 644 g/mol. The first-order valence-corrected chi connectivity index (χ1v) is 15.7. The molecule has 41 heavy (non-hydrogen) atoms. The molecule has 0 amide bonds. The van der Waals surface area contributed by atoms with Gasteiger partial charge in [0.25, 0.3) is 0 Å². The van der Waals surface area contributed by atoms with Gasteiger partial charge < -0.3 is 5.11 Å². The molecule has 0 aliphatic carbocycles. The van der Waals surface area contributed by atoms with Crippen molar-refractivity contribution in [2.24, 2.45) is 11.8 Å². The van der Waals surface area contributed by atoms with Crippen molar-refractivity contribution in [3.8, 4) is 0 Å². The predicted octanol–water partition coefficient (Wildman–Crippen LogP) is 7.87. The molecule has 0 spiro atoms. The SMILES string of the molecule is C[C@@H]1ON(Cc2ccccc2)[C@H](c2ccc(Br)cc2)[C@H]1[C@@H]1ON(Cc2ccccc2)[C@H](c2ccc(Br)cc2)[C@H]1CO. The summed E-state index contributed by atoms with van der Waals surface area (Å²) >= 11 is 7.18. The molecule has 0 saturated carbocycles. The summed E-state index contributed by atoms with van der Waals surface area (Å²) in [5, 5.41) is 15.2. The van der Waals surface area contributed by atoms with Gasteiger partial charge in [-0.2, -0.15) is 10.1 Å². The van der Waals surface area contributed by atoms with Gasteiger partial charge in [-0.1, -0.05) is 117 Å². The Hall–Kier alpha value is -2.36. The Morgan fingerprint density at radius 3 is 1.59 bits per heavy atom. The molecule has 0 radical (unpaired) electrons. The van der Waals surface area contributed by atoms with Crippen LogP contribution in [0.5, 0.6) is 0 Å². The lowest BCUT2D eigenvalue weighted by atomic mass is 9.77. The summed E-state index contributed by atoms with van der Waals surface area (Å²) in [7, 11) is 0. The summed E-state index contributed by atoms with van der Waals surface area (Å²) in [6.45, 7) is 3.41. The maximum atomic E-state index is 11.0. The van der Waals surface area contributed by atoms with Gasteiger partial charge in [0.15, 0.2) is 0 Å². The maximum Gasteiger partial charge on any atom is 0.0935 e. The van der Waals surface area contributed by atoms with Crippen LogP contribution in [0.25, 0.3) is 0 Å². The third-order valence-electron chi connectivity index (χ3n) is 8.29. The summed E-state index contributed by atoms with van der Waals surface area (Å²) in [6.07, 6.45) is -0.379. The molecule has 2 aliphatic heterocycles. The van der Waals surface area contributed by atoms with Crippen LogP contribution in [0.1, 0.15) is 41.3 Å². The van der Waals surface area contributed by atoms with Crippen LogP contribution in [0, 0.1) is 11.8 Å². The van der Waals surface area contributed by atoms with E-state index in [1.165, 1.54) is 11.1 Å². The largest absolute Gasteiger partial charge is 0.396 e. The molecule has 0 bridgehead atoms. The lowest BCUT2D eigenvalue weighted by Crippen LogP contribution is -2.38. The highest BCUT2D eigenvalue weighted by Crippen LogP contribution is 2.51. The Kier molecular flexibility index (Phi) is 9.03. The summed E-state index contributed by atoms with van der Waals surface area (Å²) in [4.78, 5) is 13.6. The van der Waals surface area contributed by atoms with Crippen LogP contribution in [0.2, 0.25) is 0 Å². The fraction of sp³-hybridized carbons (Fsp3) is 0.294. The number of nitrogens with zero attached hydrogens (tertiary/aromatic N) is 2. The Balaban J connectivity index is 1.39. The molecule has 2 fully saturated rings. The lowest BCUT2D eigenvalue weighted by molar-refractivity contribution is -0.188. The van der Waals surface area contributed by atoms with Gasteiger partial charge in [-0.05, 0) is 53.4 Å². The Morgan fingerprint density at radius 2 is 1.10 bits per heavy atom. The van der Waals surface area contributed by atoms with Crippen LogP contribution >= 0.6 is 31.9 Å². The van der Waals surface area contributed by atoms with Crippen molar-refractivity contribution in [3.63, 3.8) is 0 Å². The number of hydrogen-bond donors (Lipinski definition) is 1. The zero-order chi connectivity index (χ0) is 28.3. The molecular formula is C34H34Br2N2O3. The van der Waals surface area contributed by atoms with Gasteiger partial charge in [0, 0.05) is 33.9 Å². The van der Waals surface area contributed by atoms with Crippen molar-refractivity contribution in [2.45, 2.75) is 44.3 Å². The Morgan fingerprint density at radius 1 is 0.634 bits per heavy atom. The smallest absolute Gasteiger partial charge is 0.0935 e. The summed E-state index contributed by atoms with van der Waals surface area (Å²) in [5.74, 6) is -0.165. The molecule has 7 heteroatoms. The number of rotatable bonds is 8. The topological polar surface area (TPSA) is 45.2 Å². The molecule has 6 atom stereocenters. The van der Waals surface area contributed by atoms with Gasteiger partial charge in [0.2, 0.25) is 0 Å². The number of benzene rings is 4.